The van der Waals surface area contributed by atoms with Crippen molar-refractivity contribution in [2.75, 3.05) is 13.1 Å². The van der Waals surface area contributed by atoms with Crippen LogP contribution < -0.4 is 10.6 Å². The number of amides is 1. The van der Waals surface area contributed by atoms with Crippen LogP contribution in [0.3, 0.4) is 0 Å². The van der Waals surface area contributed by atoms with Gasteiger partial charge in [-0.3, -0.25) is 0 Å². The van der Waals surface area contributed by atoms with Crippen LogP contribution in [0.5, 0.6) is 0 Å². The number of rotatable bonds is 7. The molecule has 2 atom stereocenters. The Morgan fingerprint density at radius 2 is 2.00 bits per heavy atom. The summed E-state index contributed by atoms with van der Waals surface area (Å²) in [6, 6.07) is 0.154. The maximum atomic E-state index is 11.4. The number of nitrogens with one attached hydrogen (secondary N) is 2. The first-order chi connectivity index (χ1) is 8.24. The maximum absolute atomic E-state index is 11.4. The predicted octanol–water partition coefficient (Wildman–Crippen LogP) is 1.65. The molecule has 0 fully saturated rings. The molecule has 0 bridgehead atoms. The minimum Gasteiger partial charge on any atom is -0.444 e. The molecule has 0 aliphatic heterocycles. The standard InChI is InChI=1S/C13H28N2O3/c1-6-11(16)7-8-14-10(2)9-15-12(17)18-13(3,4)5/h10-11,14,16H,6-9H2,1-5H3,(H,15,17). The molecule has 0 aliphatic carbocycles. The van der Waals surface area contributed by atoms with Crippen LogP contribution in [0.2, 0.25) is 0 Å². The second kappa shape index (κ2) is 8.32. The summed E-state index contributed by atoms with van der Waals surface area (Å²) in [7, 11) is 0. The highest BCUT2D eigenvalue weighted by Gasteiger charge is 2.16. The minimum absolute atomic E-state index is 0.154. The molecule has 0 spiro atoms. The van der Waals surface area contributed by atoms with Crippen molar-refractivity contribution in [2.24, 2.45) is 0 Å². The van der Waals surface area contributed by atoms with Crippen molar-refractivity contribution in [3.05, 3.63) is 0 Å². The highest BCUT2D eigenvalue weighted by Crippen LogP contribution is 2.06. The molecule has 2 unspecified atom stereocenters. The molecule has 1 amide bonds. The van der Waals surface area contributed by atoms with Crippen molar-refractivity contribution in [1.82, 2.24) is 10.6 Å². The summed E-state index contributed by atoms with van der Waals surface area (Å²) in [5.41, 5.74) is -0.466. The lowest BCUT2D eigenvalue weighted by atomic mass is 10.2. The first kappa shape index (κ1) is 17.2. The van der Waals surface area contributed by atoms with E-state index in [0.29, 0.717) is 6.54 Å². The topological polar surface area (TPSA) is 70.6 Å². The van der Waals surface area contributed by atoms with Crippen LogP contribution in [0.25, 0.3) is 0 Å². The smallest absolute Gasteiger partial charge is 0.407 e. The summed E-state index contributed by atoms with van der Waals surface area (Å²) < 4.78 is 5.13. The van der Waals surface area contributed by atoms with E-state index in [1.165, 1.54) is 0 Å². The Morgan fingerprint density at radius 1 is 1.39 bits per heavy atom. The fourth-order valence-corrected chi connectivity index (χ4v) is 1.32. The van der Waals surface area contributed by atoms with E-state index in [2.05, 4.69) is 10.6 Å². The summed E-state index contributed by atoms with van der Waals surface area (Å²) in [6.07, 6.45) is 0.854. The Morgan fingerprint density at radius 3 is 2.50 bits per heavy atom. The number of hydrogen-bond acceptors (Lipinski definition) is 4. The zero-order valence-corrected chi connectivity index (χ0v) is 12.2. The van der Waals surface area contributed by atoms with E-state index in [4.69, 9.17) is 4.74 Å². The van der Waals surface area contributed by atoms with Gasteiger partial charge in [0.15, 0.2) is 0 Å². The lowest BCUT2D eigenvalue weighted by molar-refractivity contribution is 0.0523. The average Bonchev–Trinajstić information content (AvgIpc) is 2.23. The molecular formula is C13H28N2O3. The molecule has 0 aromatic carbocycles. The fourth-order valence-electron chi connectivity index (χ4n) is 1.32. The summed E-state index contributed by atoms with van der Waals surface area (Å²) in [5.74, 6) is 0. The zero-order chi connectivity index (χ0) is 14.2. The predicted molar refractivity (Wildman–Crippen MR) is 72.6 cm³/mol. The van der Waals surface area contributed by atoms with Gasteiger partial charge in [-0.2, -0.15) is 0 Å². The van der Waals surface area contributed by atoms with Gasteiger partial charge in [0.2, 0.25) is 0 Å². The van der Waals surface area contributed by atoms with Gasteiger partial charge in [-0.1, -0.05) is 6.92 Å². The molecule has 5 nitrogen and oxygen atoms in total. The van der Waals surface area contributed by atoms with Crippen LogP contribution in [0, 0.1) is 0 Å². The highest BCUT2D eigenvalue weighted by molar-refractivity contribution is 5.67. The average molecular weight is 260 g/mol. The van der Waals surface area contributed by atoms with Crippen LogP contribution in [-0.4, -0.2) is 42.0 Å². The molecule has 0 aromatic rings. The lowest BCUT2D eigenvalue weighted by Crippen LogP contribution is -2.41. The van der Waals surface area contributed by atoms with Gasteiger partial charge in [0.25, 0.3) is 0 Å². The van der Waals surface area contributed by atoms with E-state index < -0.39 is 11.7 Å². The van der Waals surface area contributed by atoms with Crippen molar-refractivity contribution in [2.45, 2.75) is 65.2 Å². The third-order valence-corrected chi connectivity index (χ3v) is 2.39. The third-order valence-electron chi connectivity index (χ3n) is 2.39. The molecule has 108 valence electrons. The third kappa shape index (κ3) is 10.4. The number of carbonyl (C=O) groups is 1. The van der Waals surface area contributed by atoms with Crippen LogP contribution in [0.4, 0.5) is 4.79 Å². The van der Waals surface area contributed by atoms with Gasteiger partial charge in [-0.15, -0.1) is 0 Å². The Hall–Kier alpha value is -0.810. The molecule has 5 heteroatoms. The molecule has 0 saturated carbocycles. The van der Waals surface area contributed by atoms with E-state index >= 15 is 0 Å². The minimum atomic E-state index is -0.466. The number of hydrogen-bond donors (Lipinski definition) is 3. The molecule has 0 rings (SSSR count). The largest absolute Gasteiger partial charge is 0.444 e. The number of alkyl carbamates (subject to hydrolysis) is 1. The van der Waals surface area contributed by atoms with Gasteiger partial charge < -0.3 is 20.5 Å². The first-order valence-corrected chi connectivity index (χ1v) is 6.63. The molecule has 0 aliphatic rings. The number of ether oxygens (including phenoxy) is 1. The summed E-state index contributed by atoms with van der Waals surface area (Å²) in [6.45, 7) is 10.7. The maximum Gasteiger partial charge on any atom is 0.407 e. The van der Waals surface area contributed by atoms with Crippen molar-refractivity contribution < 1.29 is 14.6 Å². The number of carbonyl (C=O) groups excluding carboxylic acids is 1. The van der Waals surface area contributed by atoms with Gasteiger partial charge in [0.05, 0.1) is 6.10 Å². The lowest BCUT2D eigenvalue weighted by Gasteiger charge is -2.21. The molecule has 0 radical (unpaired) electrons. The van der Waals surface area contributed by atoms with Gasteiger partial charge >= 0.3 is 6.09 Å². The van der Waals surface area contributed by atoms with E-state index in [1.807, 2.05) is 34.6 Å². The van der Waals surface area contributed by atoms with Crippen molar-refractivity contribution in [3.8, 4) is 0 Å². The fraction of sp³-hybridized carbons (Fsp3) is 0.923. The van der Waals surface area contributed by atoms with E-state index in [-0.39, 0.29) is 12.1 Å². The summed E-state index contributed by atoms with van der Waals surface area (Å²) in [4.78, 5) is 11.4. The van der Waals surface area contributed by atoms with E-state index in [1.54, 1.807) is 0 Å². The van der Waals surface area contributed by atoms with Crippen molar-refractivity contribution in [1.29, 1.82) is 0 Å². The first-order valence-electron chi connectivity index (χ1n) is 6.63. The quantitative estimate of drug-likeness (QED) is 0.651. The van der Waals surface area contributed by atoms with Gasteiger partial charge in [-0.05, 0) is 47.1 Å². The molecule has 0 aromatic heterocycles. The summed E-state index contributed by atoms with van der Waals surface area (Å²) in [5, 5.41) is 15.3. The van der Waals surface area contributed by atoms with Crippen molar-refractivity contribution in [3.63, 3.8) is 0 Å². The van der Waals surface area contributed by atoms with Crippen LogP contribution >= 0.6 is 0 Å². The Kier molecular flexibility index (Phi) is 7.95. The number of aliphatic hydroxyl groups excluding tert-OH is 1. The molecule has 18 heavy (non-hydrogen) atoms. The summed E-state index contributed by atoms with van der Waals surface area (Å²) >= 11 is 0. The molecule has 0 heterocycles. The van der Waals surface area contributed by atoms with Gasteiger partial charge in [0.1, 0.15) is 5.60 Å². The van der Waals surface area contributed by atoms with Crippen LogP contribution in [-0.2, 0) is 4.74 Å². The second-order valence-electron chi connectivity index (χ2n) is 5.59. The Bertz CT molecular complexity index is 239. The van der Waals surface area contributed by atoms with E-state index in [0.717, 1.165) is 19.4 Å². The SMILES string of the molecule is CCC(O)CCNC(C)CNC(=O)OC(C)(C)C. The Balaban J connectivity index is 3.64. The van der Waals surface area contributed by atoms with Crippen LogP contribution in [0.15, 0.2) is 0 Å². The molecular weight excluding hydrogens is 232 g/mol. The van der Waals surface area contributed by atoms with Gasteiger partial charge in [0, 0.05) is 12.6 Å². The highest BCUT2D eigenvalue weighted by atomic mass is 16.6. The zero-order valence-electron chi connectivity index (χ0n) is 12.2. The van der Waals surface area contributed by atoms with E-state index in [9.17, 15) is 9.90 Å². The van der Waals surface area contributed by atoms with Crippen molar-refractivity contribution >= 4 is 6.09 Å². The second-order valence-corrected chi connectivity index (χ2v) is 5.59. The monoisotopic (exact) mass is 260 g/mol. The van der Waals surface area contributed by atoms with Gasteiger partial charge in [-0.25, -0.2) is 4.79 Å². The molecule has 3 N–H and O–H groups in total. The van der Waals surface area contributed by atoms with Crippen LogP contribution in [0.1, 0.15) is 47.5 Å². The normalized spacial score (nSPS) is 15.0. The number of aliphatic hydroxyl groups is 1. The molecule has 0 saturated heterocycles. The Labute approximate surface area is 110 Å².